The lowest BCUT2D eigenvalue weighted by atomic mass is 10.0. The average Bonchev–Trinajstić information content (AvgIpc) is 3.09. The molecular formula is C20H22N4O4. The molecule has 2 aliphatic heterocycles. The number of carbonyl (C=O) groups excluding carboxylic acids is 2. The molecule has 8 nitrogen and oxygen atoms in total. The Labute approximate surface area is 162 Å². The van der Waals surface area contributed by atoms with Gasteiger partial charge in [0.1, 0.15) is 17.7 Å². The fraction of sp³-hybridized carbons (Fsp3) is 0.400. The Morgan fingerprint density at radius 3 is 2.71 bits per heavy atom. The van der Waals surface area contributed by atoms with Crippen LogP contribution in [0.2, 0.25) is 0 Å². The first-order chi connectivity index (χ1) is 13.6. The van der Waals surface area contributed by atoms with Crippen molar-refractivity contribution in [2.24, 2.45) is 0 Å². The second-order valence-electron chi connectivity index (χ2n) is 6.94. The normalized spacial score (nSPS) is 16.5. The van der Waals surface area contributed by atoms with E-state index >= 15 is 0 Å². The molecule has 2 aliphatic rings. The lowest BCUT2D eigenvalue weighted by Gasteiger charge is -2.34. The molecule has 0 aromatic carbocycles. The van der Waals surface area contributed by atoms with Crippen molar-refractivity contribution in [3.63, 3.8) is 0 Å². The lowest BCUT2D eigenvalue weighted by Crippen LogP contribution is -2.39. The number of rotatable bonds is 5. The van der Waals surface area contributed by atoms with Crippen LogP contribution < -0.4 is 19.7 Å². The van der Waals surface area contributed by atoms with Gasteiger partial charge in [0.25, 0.3) is 5.91 Å². The third-order valence-corrected chi connectivity index (χ3v) is 5.26. The van der Waals surface area contributed by atoms with Crippen molar-refractivity contribution in [3.8, 4) is 11.6 Å². The Kier molecular flexibility index (Phi) is 4.85. The second kappa shape index (κ2) is 7.46. The maximum absolute atomic E-state index is 12.0. The minimum absolute atomic E-state index is 0.0926. The summed E-state index contributed by atoms with van der Waals surface area (Å²) in [7, 11) is 1.58. The number of carbonyl (C=O) groups is 2. The molecule has 1 fully saturated rings. The molecule has 0 spiro atoms. The number of fused-ring (bicyclic) bond motifs is 1. The summed E-state index contributed by atoms with van der Waals surface area (Å²) in [5.41, 5.74) is 2.26. The molecule has 1 amide bonds. The van der Waals surface area contributed by atoms with Crippen LogP contribution in [-0.2, 0) is 6.54 Å². The van der Waals surface area contributed by atoms with Gasteiger partial charge in [-0.05, 0) is 13.0 Å². The van der Waals surface area contributed by atoms with E-state index in [1.807, 2.05) is 13.0 Å². The predicted molar refractivity (Wildman–Crippen MR) is 102 cm³/mol. The number of hydrogen-bond donors (Lipinski definition) is 1. The summed E-state index contributed by atoms with van der Waals surface area (Å²) in [4.78, 5) is 34.6. The molecule has 28 heavy (non-hydrogen) atoms. The van der Waals surface area contributed by atoms with Crippen LogP contribution in [0.1, 0.15) is 44.8 Å². The molecule has 2 aromatic rings. The molecule has 0 saturated carbocycles. The Hall–Kier alpha value is -3.16. The number of nitrogens with one attached hydrogen (secondary N) is 1. The van der Waals surface area contributed by atoms with Gasteiger partial charge in [0.2, 0.25) is 5.88 Å². The number of anilines is 1. The standard InChI is InChI=1S/C20H22N4O4/c1-12-15(11-25)18-16(10-22-20(18)26)23-19(12)24-7-5-13(6-8-24)28-14-3-4-17(27-2)21-9-14/h3-4,9,11,13H,5-8,10H2,1-2H3,(H,22,26). The highest BCUT2D eigenvalue weighted by molar-refractivity contribution is 6.05. The molecule has 146 valence electrons. The van der Waals surface area contributed by atoms with E-state index in [-0.39, 0.29) is 12.0 Å². The van der Waals surface area contributed by atoms with E-state index in [0.717, 1.165) is 49.3 Å². The molecule has 2 aromatic heterocycles. The summed E-state index contributed by atoms with van der Waals surface area (Å²) in [6, 6.07) is 3.63. The van der Waals surface area contributed by atoms with Crippen LogP contribution >= 0.6 is 0 Å². The Morgan fingerprint density at radius 1 is 1.29 bits per heavy atom. The molecule has 0 atom stereocenters. The molecule has 4 rings (SSSR count). The number of hydrogen-bond acceptors (Lipinski definition) is 7. The average molecular weight is 382 g/mol. The smallest absolute Gasteiger partial charge is 0.254 e. The summed E-state index contributed by atoms with van der Waals surface area (Å²) in [5, 5.41) is 2.75. The van der Waals surface area contributed by atoms with Crippen LogP contribution in [0, 0.1) is 6.92 Å². The predicted octanol–water partition coefficient (Wildman–Crippen LogP) is 1.90. The van der Waals surface area contributed by atoms with Crippen LogP contribution in [0.5, 0.6) is 11.6 Å². The number of aldehydes is 1. The van der Waals surface area contributed by atoms with Crippen molar-refractivity contribution in [2.45, 2.75) is 32.4 Å². The highest BCUT2D eigenvalue weighted by Crippen LogP contribution is 2.30. The molecule has 4 heterocycles. The van der Waals surface area contributed by atoms with Gasteiger partial charge in [-0.15, -0.1) is 0 Å². The third-order valence-electron chi connectivity index (χ3n) is 5.26. The molecule has 0 aliphatic carbocycles. The number of methoxy groups -OCH3 is 1. The van der Waals surface area contributed by atoms with Crippen molar-refractivity contribution in [2.75, 3.05) is 25.1 Å². The molecule has 1 saturated heterocycles. The van der Waals surface area contributed by atoms with Gasteiger partial charge in [-0.1, -0.05) is 0 Å². The van der Waals surface area contributed by atoms with Crippen molar-refractivity contribution in [1.82, 2.24) is 15.3 Å². The fourth-order valence-corrected chi connectivity index (χ4v) is 3.75. The first kappa shape index (κ1) is 18.2. The van der Waals surface area contributed by atoms with E-state index in [9.17, 15) is 9.59 Å². The largest absolute Gasteiger partial charge is 0.489 e. The van der Waals surface area contributed by atoms with Crippen LogP contribution in [0.15, 0.2) is 18.3 Å². The van der Waals surface area contributed by atoms with Gasteiger partial charge in [-0.25, -0.2) is 9.97 Å². The summed E-state index contributed by atoms with van der Waals surface area (Å²) < 4.78 is 11.1. The van der Waals surface area contributed by atoms with E-state index in [1.165, 1.54) is 0 Å². The molecular weight excluding hydrogens is 360 g/mol. The topological polar surface area (TPSA) is 93.7 Å². The number of pyridine rings is 2. The van der Waals surface area contributed by atoms with E-state index in [2.05, 4.69) is 20.2 Å². The molecule has 0 radical (unpaired) electrons. The van der Waals surface area contributed by atoms with Gasteiger partial charge < -0.3 is 19.7 Å². The number of amides is 1. The SMILES string of the molecule is COc1ccc(OC2CCN(c3nc4c(c(C=O)c3C)C(=O)NC4)CC2)cn1. The summed E-state index contributed by atoms with van der Waals surface area (Å²) in [6.45, 7) is 3.75. The zero-order chi connectivity index (χ0) is 19.7. The summed E-state index contributed by atoms with van der Waals surface area (Å²) in [6.07, 6.45) is 4.18. The number of ether oxygens (including phenoxy) is 2. The van der Waals surface area contributed by atoms with E-state index < -0.39 is 0 Å². The summed E-state index contributed by atoms with van der Waals surface area (Å²) in [5.74, 6) is 1.83. The lowest BCUT2D eigenvalue weighted by molar-refractivity contribution is 0.0960. The van der Waals surface area contributed by atoms with Crippen LogP contribution in [0.25, 0.3) is 0 Å². The van der Waals surface area contributed by atoms with Crippen molar-refractivity contribution < 1.29 is 19.1 Å². The second-order valence-corrected chi connectivity index (χ2v) is 6.94. The van der Waals surface area contributed by atoms with Gasteiger partial charge in [-0.2, -0.15) is 0 Å². The van der Waals surface area contributed by atoms with Crippen molar-refractivity contribution in [1.29, 1.82) is 0 Å². The number of piperidine rings is 1. The van der Waals surface area contributed by atoms with E-state index in [4.69, 9.17) is 9.47 Å². The Balaban J connectivity index is 1.46. The molecule has 0 bridgehead atoms. The van der Waals surface area contributed by atoms with E-state index in [0.29, 0.717) is 29.2 Å². The maximum atomic E-state index is 12.0. The molecule has 0 unspecified atom stereocenters. The van der Waals surface area contributed by atoms with Crippen LogP contribution in [0.4, 0.5) is 5.82 Å². The van der Waals surface area contributed by atoms with Gasteiger partial charge in [0.15, 0.2) is 6.29 Å². The van der Waals surface area contributed by atoms with Gasteiger partial charge >= 0.3 is 0 Å². The molecule has 1 N–H and O–H groups in total. The van der Waals surface area contributed by atoms with Crippen molar-refractivity contribution in [3.05, 3.63) is 40.7 Å². The highest BCUT2D eigenvalue weighted by atomic mass is 16.5. The summed E-state index contributed by atoms with van der Waals surface area (Å²) >= 11 is 0. The van der Waals surface area contributed by atoms with Crippen LogP contribution in [-0.4, -0.2) is 48.5 Å². The maximum Gasteiger partial charge on any atom is 0.254 e. The molecule has 8 heteroatoms. The zero-order valence-electron chi connectivity index (χ0n) is 15.9. The quantitative estimate of drug-likeness (QED) is 0.789. The van der Waals surface area contributed by atoms with Gasteiger partial charge in [-0.3, -0.25) is 9.59 Å². The Morgan fingerprint density at radius 2 is 2.07 bits per heavy atom. The fourth-order valence-electron chi connectivity index (χ4n) is 3.75. The monoisotopic (exact) mass is 382 g/mol. The number of aromatic nitrogens is 2. The number of nitrogens with zero attached hydrogens (tertiary/aromatic N) is 3. The minimum atomic E-state index is -0.223. The third kappa shape index (κ3) is 3.26. The van der Waals surface area contributed by atoms with Crippen molar-refractivity contribution >= 4 is 18.0 Å². The van der Waals surface area contributed by atoms with E-state index in [1.54, 1.807) is 19.4 Å². The zero-order valence-corrected chi connectivity index (χ0v) is 15.9. The van der Waals surface area contributed by atoms with Gasteiger partial charge in [0, 0.05) is 43.1 Å². The highest BCUT2D eigenvalue weighted by Gasteiger charge is 2.30. The van der Waals surface area contributed by atoms with Gasteiger partial charge in [0.05, 0.1) is 31.1 Å². The first-order valence-corrected chi connectivity index (χ1v) is 9.29. The Bertz CT molecular complexity index is 905. The first-order valence-electron chi connectivity index (χ1n) is 9.29. The van der Waals surface area contributed by atoms with Crippen LogP contribution in [0.3, 0.4) is 0 Å². The minimum Gasteiger partial charge on any atom is -0.489 e.